The Bertz CT molecular complexity index is 771. The van der Waals surface area contributed by atoms with E-state index >= 15 is 0 Å². The van der Waals surface area contributed by atoms with E-state index in [9.17, 15) is 13.5 Å². The van der Waals surface area contributed by atoms with Crippen LogP contribution in [0.5, 0.6) is 0 Å². The predicted molar refractivity (Wildman–Crippen MR) is 82.1 cm³/mol. The van der Waals surface area contributed by atoms with Crippen molar-refractivity contribution in [2.24, 2.45) is 0 Å². The first-order valence-electron chi connectivity index (χ1n) is 6.75. The summed E-state index contributed by atoms with van der Waals surface area (Å²) >= 11 is 5.88. The topological polar surface area (TPSA) is 54.4 Å². The minimum Gasteiger partial charge on any atom is -0.387 e. The monoisotopic (exact) mass is 322 g/mol. The van der Waals surface area contributed by atoms with Crippen LogP contribution in [0.25, 0.3) is 0 Å². The first-order chi connectivity index (χ1) is 10.00. The number of aliphatic hydroxyl groups is 1. The number of rotatable bonds is 2. The molecular formula is C16H15ClO3S. The molecule has 0 radical (unpaired) electrons. The van der Waals surface area contributed by atoms with Crippen LogP contribution in [-0.2, 0) is 16.3 Å². The van der Waals surface area contributed by atoms with Crippen molar-refractivity contribution in [3.63, 3.8) is 0 Å². The maximum Gasteiger partial charge on any atom is 0.184 e. The van der Waals surface area contributed by atoms with Crippen LogP contribution in [0.3, 0.4) is 0 Å². The Balaban J connectivity index is 2.02. The quantitative estimate of drug-likeness (QED) is 0.924. The van der Waals surface area contributed by atoms with Gasteiger partial charge in [-0.2, -0.15) is 0 Å². The summed E-state index contributed by atoms with van der Waals surface area (Å²) in [5.41, 5.74) is 1.72. The maximum absolute atomic E-state index is 12.7. The summed E-state index contributed by atoms with van der Waals surface area (Å²) in [7, 11) is -3.61. The molecule has 1 aliphatic rings. The summed E-state index contributed by atoms with van der Waals surface area (Å²) in [6, 6.07) is 13.6. The fourth-order valence-electron chi connectivity index (χ4n) is 2.85. The molecule has 0 aliphatic heterocycles. The molecule has 1 aliphatic carbocycles. The van der Waals surface area contributed by atoms with Crippen LogP contribution in [0.1, 0.15) is 23.7 Å². The number of aliphatic hydroxyl groups excluding tert-OH is 1. The average Bonchev–Trinajstić information content (AvgIpc) is 2.47. The molecule has 0 saturated carbocycles. The molecule has 0 amide bonds. The van der Waals surface area contributed by atoms with E-state index in [1.807, 2.05) is 18.2 Å². The van der Waals surface area contributed by atoms with Crippen LogP contribution in [0.2, 0.25) is 5.02 Å². The summed E-state index contributed by atoms with van der Waals surface area (Å²) < 4.78 is 25.5. The van der Waals surface area contributed by atoms with Gasteiger partial charge in [0.25, 0.3) is 0 Å². The second kappa shape index (κ2) is 5.44. The van der Waals surface area contributed by atoms with Gasteiger partial charge in [-0.1, -0.05) is 41.9 Å². The van der Waals surface area contributed by atoms with E-state index in [-0.39, 0.29) is 4.90 Å². The Hall–Kier alpha value is -1.36. The molecule has 2 unspecified atom stereocenters. The van der Waals surface area contributed by atoms with E-state index in [0.29, 0.717) is 23.4 Å². The first kappa shape index (κ1) is 14.6. The Morgan fingerprint density at radius 1 is 1.10 bits per heavy atom. The zero-order valence-corrected chi connectivity index (χ0v) is 12.8. The zero-order chi connectivity index (χ0) is 15.0. The lowest BCUT2D eigenvalue weighted by Gasteiger charge is -2.29. The molecule has 110 valence electrons. The molecule has 0 saturated heterocycles. The number of benzene rings is 2. The highest BCUT2D eigenvalue weighted by Gasteiger charge is 2.38. The minimum atomic E-state index is -3.61. The van der Waals surface area contributed by atoms with E-state index in [1.54, 1.807) is 18.2 Å². The number of sulfone groups is 1. The third-order valence-corrected chi connectivity index (χ3v) is 6.38. The zero-order valence-electron chi connectivity index (χ0n) is 11.2. The lowest BCUT2D eigenvalue weighted by atomic mass is 9.89. The van der Waals surface area contributed by atoms with Gasteiger partial charge in [0.05, 0.1) is 16.2 Å². The van der Waals surface area contributed by atoms with Crippen molar-refractivity contribution in [3.8, 4) is 0 Å². The Morgan fingerprint density at radius 2 is 1.86 bits per heavy atom. The van der Waals surface area contributed by atoms with Crippen LogP contribution in [0.15, 0.2) is 53.4 Å². The van der Waals surface area contributed by atoms with Crippen molar-refractivity contribution in [1.29, 1.82) is 0 Å². The Kier molecular flexibility index (Phi) is 3.78. The van der Waals surface area contributed by atoms with E-state index < -0.39 is 21.2 Å². The Morgan fingerprint density at radius 3 is 2.62 bits per heavy atom. The van der Waals surface area contributed by atoms with E-state index in [0.717, 1.165) is 5.56 Å². The highest BCUT2D eigenvalue weighted by molar-refractivity contribution is 7.92. The van der Waals surface area contributed by atoms with Crippen LogP contribution >= 0.6 is 11.6 Å². The number of hydrogen-bond donors (Lipinski definition) is 1. The molecular weight excluding hydrogens is 308 g/mol. The number of aryl methyl sites for hydroxylation is 1. The molecule has 21 heavy (non-hydrogen) atoms. The van der Waals surface area contributed by atoms with Gasteiger partial charge >= 0.3 is 0 Å². The lowest BCUT2D eigenvalue weighted by Crippen LogP contribution is -2.33. The van der Waals surface area contributed by atoms with Crippen molar-refractivity contribution in [2.45, 2.75) is 29.1 Å². The molecule has 0 spiro atoms. The molecule has 1 N–H and O–H groups in total. The van der Waals surface area contributed by atoms with Gasteiger partial charge < -0.3 is 5.11 Å². The van der Waals surface area contributed by atoms with E-state index in [2.05, 4.69) is 0 Å². The van der Waals surface area contributed by atoms with Crippen LogP contribution < -0.4 is 0 Å². The van der Waals surface area contributed by atoms with Crippen molar-refractivity contribution in [2.75, 3.05) is 0 Å². The van der Waals surface area contributed by atoms with Gasteiger partial charge in [-0.05, 0) is 42.2 Å². The highest BCUT2D eigenvalue weighted by Crippen LogP contribution is 2.36. The summed E-state index contributed by atoms with van der Waals surface area (Å²) in [5.74, 6) is 0. The molecule has 0 aromatic heterocycles. The molecule has 0 heterocycles. The molecule has 5 heteroatoms. The van der Waals surface area contributed by atoms with Crippen LogP contribution in [-0.4, -0.2) is 18.8 Å². The van der Waals surface area contributed by atoms with Crippen molar-refractivity contribution < 1.29 is 13.5 Å². The summed E-state index contributed by atoms with van der Waals surface area (Å²) in [6.45, 7) is 0. The number of fused-ring (bicyclic) bond motifs is 1. The number of hydrogen-bond acceptors (Lipinski definition) is 3. The largest absolute Gasteiger partial charge is 0.387 e. The van der Waals surface area contributed by atoms with Crippen molar-refractivity contribution in [1.82, 2.24) is 0 Å². The van der Waals surface area contributed by atoms with Crippen molar-refractivity contribution in [3.05, 3.63) is 64.7 Å². The SMILES string of the molecule is O=S(=O)(c1cccc(Cl)c1)C1CCc2ccccc2C1O. The highest BCUT2D eigenvalue weighted by atomic mass is 35.5. The fourth-order valence-corrected chi connectivity index (χ4v) is 4.93. The van der Waals surface area contributed by atoms with Gasteiger partial charge in [-0.25, -0.2) is 8.42 Å². The fraction of sp³-hybridized carbons (Fsp3) is 0.250. The second-order valence-electron chi connectivity index (χ2n) is 5.22. The van der Waals surface area contributed by atoms with E-state index in [4.69, 9.17) is 11.6 Å². The summed E-state index contributed by atoms with van der Waals surface area (Å²) in [5, 5.41) is 10.0. The third kappa shape index (κ3) is 2.59. The third-order valence-electron chi connectivity index (χ3n) is 3.95. The molecule has 2 aromatic carbocycles. The molecule has 2 atom stereocenters. The second-order valence-corrected chi connectivity index (χ2v) is 7.83. The van der Waals surface area contributed by atoms with Gasteiger partial charge in [-0.3, -0.25) is 0 Å². The normalized spacial score (nSPS) is 21.8. The Labute approximate surface area is 129 Å². The molecule has 3 nitrogen and oxygen atoms in total. The average molecular weight is 323 g/mol. The van der Waals surface area contributed by atoms with E-state index in [1.165, 1.54) is 12.1 Å². The van der Waals surface area contributed by atoms with Crippen LogP contribution in [0, 0.1) is 0 Å². The maximum atomic E-state index is 12.7. The molecule has 2 aromatic rings. The molecule has 0 fully saturated rings. The van der Waals surface area contributed by atoms with Gasteiger partial charge in [0, 0.05) is 5.02 Å². The lowest BCUT2D eigenvalue weighted by molar-refractivity contribution is 0.159. The molecule has 0 bridgehead atoms. The minimum absolute atomic E-state index is 0.165. The van der Waals surface area contributed by atoms with Gasteiger partial charge in [0.15, 0.2) is 9.84 Å². The molecule has 3 rings (SSSR count). The summed E-state index contributed by atoms with van der Waals surface area (Å²) in [4.78, 5) is 0.165. The van der Waals surface area contributed by atoms with Crippen molar-refractivity contribution >= 4 is 21.4 Å². The summed E-state index contributed by atoms with van der Waals surface area (Å²) in [6.07, 6.45) is 0.0593. The first-order valence-corrected chi connectivity index (χ1v) is 8.68. The standard InChI is InChI=1S/C16H15ClO3S/c17-12-5-3-6-13(10-12)21(19,20)15-9-8-11-4-1-2-7-14(11)16(15)18/h1-7,10,15-16,18H,8-9H2. The smallest absolute Gasteiger partial charge is 0.184 e. The van der Waals surface area contributed by atoms with Crippen LogP contribution in [0.4, 0.5) is 0 Å². The van der Waals surface area contributed by atoms with Gasteiger partial charge in [0.2, 0.25) is 0 Å². The predicted octanol–water partition coefficient (Wildman–Crippen LogP) is 3.16. The van der Waals surface area contributed by atoms with Gasteiger partial charge in [0.1, 0.15) is 0 Å². The van der Waals surface area contributed by atoms with Gasteiger partial charge in [-0.15, -0.1) is 0 Å². The number of halogens is 1.